The molecule has 0 aromatic carbocycles. The number of nitrogens with one attached hydrogen (secondary N) is 1. The van der Waals surface area contributed by atoms with Crippen molar-refractivity contribution < 1.29 is 9.53 Å². The highest BCUT2D eigenvalue weighted by Gasteiger charge is 2.24. The molecule has 0 bridgehead atoms. The van der Waals surface area contributed by atoms with Gasteiger partial charge in [-0.05, 0) is 24.1 Å². The van der Waals surface area contributed by atoms with E-state index in [2.05, 4.69) is 15.2 Å². The lowest BCUT2D eigenvalue weighted by Gasteiger charge is -2.17. The highest BCUT2D eigenvalue weighted by Crippen LogP contribution is 2.15. The zero-order valence-corrected chi connectivity index (χ0v) is 13.5. The van der Waals surface area contributed by atoms with Crippen molar-refractivity contribution in [1.29, 1.82) is 0 Å². The highest BCUT2D eigenvalue weighted by atomic mass is 16.5. The molecule has 1 aliphatic heterocycles. The molecule has 3 heterocycles. The molecule has 2 aromatic heterocycles. The first-order chi connectivity index (χ1) is 11.2. The van der Waals surface area contributed by atoms with Gasteiger partial charge in [-0.2, -0.15) is 0 Å². The molecule has 1 saturated heterocycles. The molecule has 1 fully saturated rings. The molecule has 6 heteroatoms. The van der Waals surface area contributed by atoms with E-state index in [1.807, 2.05) is 48.3 Å². The lowest BCUT2D eigenvalue weighted by Crippen LogP contribution is -2.37. The Labute approximate surface area is 136 Å². The molecule has 1 aliphatic rings. The van der Waals surface area contributed by atoms with E-state index in [4.69, 9.17) is 4.74 Å². The number of aromatic nitrogens is 2. The van der Waals surface area contributed by atoms with Crippen LogP contribution in [0.15, 0.2) is 36.7 Å². The van der Waals surface area contributed by atoms with Crippen LogP contribution in [0.5, 0.6) is 5.88 Å². The summed E-state index contributed by atoms with van der Waals surface area (Å²) in [6, 6.07) is 7.82. The monoisotopic (exact) mass is 314 g/mol. The van der Waals surface area contributed by atoms with E-state index in [0.29, 0.717) is 11.6 Å². The summed E-state index contributed by atoms with van der Waals surface area (Å²) in [7, 11) is 3.50. The predicted octanol–water partition coefficient (Wildman–Crippen LogP) is 1.43. The van der Waals surface area contributed by atoms with Crippen LogP contribution in [0.2, 0.25) is 0 Å². The molecule has 0 unspecified atom stereocenters. The van der Waals surface area contributed by atoms with E-state index in [1.165, 1.54) is 0 Å². The Kier molecular flexibility index (Phi) is 4.62. The quantitative estimate of drug-likeness (QED) is 0.907. The molecule has 0 spiro atoms. The highest BCUT2D eigenvalue weighted by molar-refractivity contribution is 5.92. The van der Waals surface area contributed by atoms with Gasteiger partial charge in [0.25, 0.3) is 5.91 Å². The number of ether oxygens (including phenoxy) is 1. The minimum absolute atomic E-state index is 0.00420. The van der Waals surface area contributed by atoms with Crippen LogP contribution in [0, 0.1) is 0 Å². The Morgan fingerprint density at radius 3 is 2.96 bits per heavy atom. The average molecular weight is 314 g/mol. The van der Waals surface area contributed by atoms with Gasteiger partial charge >= 0.3 is 0 Å². The van der Waals surface area contributed by atoms with Crippen molar-refractivity contribution in [2.45, 2.75) is 19.0 Å². The van der Waals surface area contributed by atoms with Crippen molar-refractivity contribution in [2.75, 3.05) is 20.2 Å². The summed E-state index contributed by atoms with van der Waals surface area (Å²) in [6.45, 7) is 2.68. The Hall–Kier alpha value is -2.34. The fourth-order valence-corrected chi connectivity index (χ4v) is 2.93. The Balaban J connectivity index is 1.52. The van der Waals surface area contributed by atoms with Crippen LogP contribution >= 0.6 is 0 Å². The number of nitrogens with zero attached hydrogens (tertiary/aromatic N) is 3. The van der Waals surface area contributed by atoms with E-state index < -0.39 is 0 Å². The number of hydrogen-bond acceptors (Lipinski definition) is 4. The summed E-state index contributed by atoms with van der Waals surface area (Å²) in [6.07, 6.45) is 4.70. The average Bonchev–Trinajstić information content (AvgIpc) is 3.17. The van der Waals surface area contributed by atoms with Gasteiger partial charge in [-0.3, -0.25) is 9.69 Å². The van der Waals surface area contributed by atoms with Crippen molar-refractivity contribution in [3.8, 4) is 5.88 Å². The van der Waals surface area contributed by atoms with Crippen LogP contribution in [-0.2, 0) is 13.6 Å². The third kappa shape index (κ3) is 3.71. The van der Waals surface area contributed by atoms with Crippen molar-refractivity contribution in [3.63, 3.8) is 0 Å². The number of rotatable bonds is 5. The second-order valence-corrected chi connectivity index (χ2v) is 5.91. The van der Waals surface area contributed by atoms with Gasteiger partial charge < -0.3 is 14.6 Å². The van der Waals surface area contributed by atoms with E-state index in [-0.39, 0.29) is 11.9 Å². The second kappa shape index (κ2) is 6.83. The van der Waals surface area contributed by atoms with Crippen molar-refractivity contribution in [1.82, 2.24) is 19.8 Å². The normalized spacial score (nSPS) is 18.1. The van der Waals surface area contributed by atoms with Crippen molar-refractivity contribution in [3.05, 3.63) is 47.9 Å². The summed E-state index contributed by atoms with van der Waals surface area (Å²) in [5, 5.41) is 3.12. The summed E-state index contributed by atoms with van der Waals surface area (Å²) in [4.78, 5) is 18.8. The zero-order chi connectivity index (χ0) is 16.2. The Morgan fingerprint density at radius 2 is 2.30 bits per heavy atom. The third-order valence-electron chi connectivity index (χ3n) is 4.20. The molecule has 0 aliphatic carbocycles. The van der Waals surface area contributed by atoms with Crippen molar-refractivity contribution >= 4 is 5.91 Å². The first kappa shape index (κ1) is 15.6. The molecule has 3 rings (SSSR count). The van der Waals surface area contributed by atoms with Crippen LogP contribution in [0.25, 0.3) is 0 Å². The fourth-order valence-electron chi connectivity index (χ4n) is 2.93. The van der Waals surface area contributed by atoms with Gasteiger partial charge in [0.15, 0.2) is 0 Å². The summed E-state index contributed by atoms with van der Waals surface area (Å²) in [5.41, 5.74) is 1.85. The van der Waals surface area contributed by atoms with Gasteiger partial charge in [-0.25, -0.2) is 4.98 Å². The standard InChI is InChI=1S/C17H22N4O2/c1-20-8-3-4-15(20)17(22)19-14-7-9-21(12-14)11-13-5-6-16(23-2)18-10-13/h3-6,8,10,14H,7,9,11-12H2,1-2H3,(H,19,22)/t14-/m1/s1. The maximum absolute atomic E-state index is 12.2. The van der Waals surface area contributed by atoms with E-state index in [0.717, 1.165) is 31.6 Å². The topological polar surface area (TPSA) is 59.4 Å². The van der Waals surface area contributed by atoms with Crippen LogP contribution in [-0.4, -0.2) is 46.6 Å². The number of amides is 1. The number of pyridine rings is 1. The second-order valence-electron chi connectivity index (χ2n) is 5.91. The maximum atomic E-state index is 12.2. The molecular weight excluding hydrogens is 292 g/mol. The fraction of sp³-hybridized carbons (Fsp3) is 0.412. The molecule has 1 N–H and O–H groups in total. The Morgan fingerprint density at radius 1 is 1.43 bits per heavy atom. The predicted molar refractivity (Wildman–Crippen MR) is 87.4 cm³/mol. The minimum Gasteiger partial charge on any atom is -0.481 e. The number of carbonyl (C=O) groups excluding carboxylic acids is 1. The molecule has 1 atom stereocenters. The number of likely N-dealkylation sites (tertiary alicyclic amines) is 1. The SMILES string of the molecule is COc1ccc(CN2CC[C@@H](NC(=O)c3cccn3C)C2)cn1. The number of carbonyl (C=O) groups is 1. The largest absolute Gasteiger partial charge is 0.481 e. The summed E-state index contributed by atoms with van der Waals surface area (Å²) in [5.74, 6) is 0.623. The van der Waals surface area contributed by atoms with Crippen molar-refractivity contribution in [2.24, 2.45) is 7.05 Å². The number of hydrogen-bond donors (Lipinski definition) is 1. The lowest BCUT2D eigenvalue weighted by molar-refractivity contribution is 0.0929. The molecule has 122 valence electrons. The molecular formula is C17H22N4O2. The van der Waals surface area contributed by atoms with E-state index in [9.17, 15) is 4.79 Å². The lowest BCUT2D eigenvalue weighted by atomic mass is 10.2. The van der Waals surface area contributed by atoms with Gasteiger partial charge in [-0.1, -0.05) is 6.07 Å². The van der Waals surface area contributed by atoms with Crippen LogP contribution in [0.4, 0.5) is 0 Å². The first-order valence-electron chi connectivity index (χ1n) is 7.79. The van der Waals surface area contributed by atoms with Crippen LogP contribution in [0.1, 0.15) is 22.5 Å². The zero-order valence-electron chi connectivity index (χ0n) is 13.5. The third-order valence-corrected chi connectivity index (χ3v) is 4.20. The van der Waals surface area contributed by atoms with Crippen LogP contribution in [0.3, 0.4) is 0 Å². The molecule has 0 radical (unpaired) electrons. The first-order valence-corrected chi connectivity index (χ1v) is 7.79. The van der Waals surface area contributed by atoms with Crippen LogP contribution < -0.4 is 10.1 Å². The van der Waals surface area contributed by atoms with Gasteiger partial charge in [0, 0.05) is 51.2 Å². The summed E-state index contributed by atoms with van der Waals surface area (Å²) >= 11 is 0. The molecule has 1 amide bonds. The van der Waals surface area contributed by atoms with Gasteiger partial charge in [0.2, 0.25) is 5.88 Å². The minimum atomic E-state index is -0.00420. The summed E-state index contributed by atoms with van der Waals surface area (Å²) < 4.78 is 6.91. The van der Waals surface area contributed by atoms with Gasteiger partial charge in [-0.15, -0.1) is 0 Å². The van der Waals surface area contributed by atoms with E-state index >= 15 is 0 Å². The van der Waals surface area contributed by atoms with Gasteiger partial charge in [0.1, 0.15) is 5.69 Å². The molecule has 2 aromatic rings. The smallest absolute Gasteiger partial charge is 0.268 e. The maximum Gasteiger partial charge on any atom is 0.268 e. The number of aryl methyl sites for hydroxylation is 1. The van der Waals surface area contributed by atoms with Gasteiger partial charge in [0.05, 0.1) is 7.11 Å². The number of methoxy groups -OCH3 is 1. The Bertz CT molecular complexity index is 665. The molecule has 23 heavy (non-hydrogen) atoms. The van der Waals surface area contributed by atoms with E-state index in [1.54, 1.807) is 7.11 Å². The molecule has 0 saturated carbocycles. The molecule has 6 nitrogen and oxygen atoms in total.